The predicted molar refractivity (Wildman–Crippen MR) is 86.7 cm³/mol. The fourth-order valence-electron chi connectivity index (χ4n) is 1.90. The lowest BCUT2D eigenvalue weighted by molar-refractivity contribution is -0.137. The highest BCUT2D eigenvalue weighted by Gasteiger charge is 2.00. The van der Waals surface area contributed by atoms with Gasteiger partial charge in [-0.3, -0.25) is 0 Å². The minimum atomic E-state index is -0.214. The molecule has 0 amide bonds. The summed E-state index contributed by atoms with van der Waals surface area (Å²) in [4.78, 5) is 11.4. The maximum absolute atomic E-state index is 11.4. The third-order valence-electron chi connectivity index (χ3n) is 3.11. The van der Waals surface area contributed by atoms with E-state index >= 15 is 0 Å². The predicted octanol–water partition coefficient (Wildman–Crippen LogP) is 5.36. The van der Waals surface area contributed by atoms with Crippen LogP contribution in [0.15, 0.2) is 34.9 Å². The molecule has 0 aromatic carbocycles. The van der Waals surface area contributed by atoms with Crippen molar-refractivity contribution in [2.45, 2.75) is 66.7 Å². The van der Waals surface area contributed by atoms with E-state index in [4.69, 9.17) is 4.74 Å². The first-order valence-corrected chi connectivity index (χ1v) is 7.64. The van der Waals surface area contributed by atoms with E-state index in [9.17, 15) is 4.79 Å². The van der Waals surface area contributed by atoms with Crippen molar-refractivity contribution in [1.29, 1.82) is 0 Å². The molecule has 0 atom stereocenters. The van der Waals surface area contributed by atoms with Crippen molar-refractivity contribution in [2.75, 3.05) is 6.61 Å². The fraction of sp³-hybridized carbons (Fsp3) is 0.611. The monoisotopic (exact) mass is 278 g/mol. The van der Waals surface area contributed by atoms with Crippen molar-refractivity contribution in [3.05, 3.63) is 34.9 Å². The lowest BCUT2D eigenvalue weighted by Gasteiger charge is -2.04. The van der Waals surface area contributed by atoms with Gasteiger partial charge in [-0.1, -0.05) is 35.8 Å². The SMILES string of the molecule is CCOC(=O)/C=C(\CC)CC/C=C(\C)CCC=C(C)C. The first-order chi connectivity index (χ1) is 9.49. The van der Waals surface area contributed by atoms with E-state index in [1.165, 1.54) is 11.1 Å². The molecule has 0 aliphatic rings. The number of allylic oxidation sites excluding steroid dienone is 5. The largest absolute Gasteiger partial charge is 0.463 e. The number of rotatable bonds is 9. The Morgan fingerprint density at radius 2 is 1.65 bits per heavy atom. The summed E-state index contributed by atoms with van der Waals surface area (Å²) in [7, 11) is 0. The van der Waals surface area contributed by atoms with Gasteiger partial charge in [0.25, 0.3) is 0 Å². The highest BCUT2D eigenvalue weighted by atomic mass is 16.5. The van der Waals surface area contributed by atoms with Crippen molar-refractivity contribution in [2.24, 2.45) is 0 Å². The molecule has 0 saturated heterocycles. The lowest BCUT2D eigenvalue weighted by Crippen LogP contribution is -2.01. The third kappa shape index (κ3) is 10.6. The van der Waals surface area contributed by atoms with Gasteiger partial charge in [0.15, 0.2) is 0 Å². The summed E-state index contributed by atoms with van der Waals surface area (Å²) in [5.41, 5.74) is 3.97. The van der Waals surface area contributed by atoms with E-state index in [2.05, 4.69) is 39.8 Å². The van der Waals surface area contributed by atoms with E-state index in [1.807, 2.05) is 6.92 Å². The van der Waals surface area contributed by atoms with Gasteiger partial charge in [0, 0.05) is 6.08 Å². The fourth-order valence-corrected chi connectivity index (χ4v) is 1.90. The zero-order chi connectivity index (χ0) is 15.4. The zero-order valence-electron chi connectivity index (χ0n) is 13.8. The number of ether oxygens (including phenoxy) is 1. The van der Waals surface area contributed by atoms with Crippen molar-refractivity contribution < 1.29 is 9.53 Å². The van der Waals surface area contributed by atoms with Gasteiger partial charge in [-0.15, -0.1) is 0 Å². The van der Waals surface area contributed by atoms with Crippen LogP contribution < -0.4 is 0 Å². The standard InChI is InChI=1S/C18H30O2/c1-6-17(14-18(19)20-7-2)13-9-12-16(5)11-8-10-15(3)4/h10,12,14H,6-9,11,13H2,1-5H3/b16-12+,17-14+. The van der Waals surface area contributed by atoms with E-state index in [0.717, 1.165) is 37.7 Å². The molecule has 0 aliphatic heterocycles. The van der Waals surface area contributed by atoms with Crippen LogP contribution >= 0.6 is 0 Å². The first-order valence-electron chi connectivity index (χ1n) is 7.64. The van der Waals surface area contributed by atoms with Crippen LogP contribution in [0.4, 0.5) is 0 Å². The Balaban J connectivity index is 4.17. The van der Waals surface area contributed by atoms with Crippen molar-refractivity contribution in [1.82, 2.24) is 0 Å². The molecule has 0 bridgehead atoms. The first kappa shape index (κ1) is 18.7. The molecule has 2 heteroatoms. The summed E-state index contributed by atoms with van der Waals surface area (Å²) in [6.45, 7) is 10.8. The summed E-state index contributed by atoms with van der Waals surface area (Å²) in [6.07, 6.45) is 11.3. The van der Waals surface area contributed by atoms with Gasteiger partial charge in [-0.25, -0.2) is 4.79 Å². The molecule has 0 unspecified atom stereocenters. The van der Waals surface area contributed by atoms with Crippen LogP contribution in [0.25, 0.3) is 0 Å². The molecular formula is C18H30O2. The highest BCUT2D eigenvalue weighted by Crippen LogP contribution is 2.13. The maximum atomic E-state index is 11.4. The van der Waals surface area contributed by atoms with Gasteiger partial charge in [0.05, 0.1) is 6.61 Å². The van der Waals surface area contributed by atoms with Crippen LogP contribution in [0.2, 0.25) is 0 Å². The summed E-state index contributed by atoms with van der Waals surface area (Å²) >= 11 is 0. The zero-order valence-corrected chi connectivity index (χ0v) is 13.8. The number of carbonyl (C=O) groups excluding carboxylic acids is 1. The molecule has 0 rings (SSSR count). The second kappa shape index (κ2) is 11.5. The Labute approximate surface area is 124 Å². The quantitative estimate of drug-likeness (QED) is 0.322. The molecule has 0 aromatic heterocycles. The van der Waals surface area contributed by atoms with Gasteiger partial charge in [-0.05, 0) is 59.8 Å². The Bertz CT molecular complexity index is 369. The Hall–Kier alpha value is -1.31. The maximum Gasteiger partial charge on any atom is 0.330 e. The topological polar surface area (TPSA) is 26.3 Å². The molecular weight excluding hydrogens is 248 g/mol. The molecule has 0 aromatic rings. The molecule has 0 radical (unpaired) electrons. The van der Waals surface area contributed by atoms with E-state index in [-0.39, 0.29) is 5.97 Å². The summed E-state index contributed by atoms with van der Waals surface area (Å²) in [5, 5.41) is 0. The van der Waals surface area contributed by atoms with Gasteiger partial charge >= 0.3 is 5.97 Å². The average Bonchev–Trinajstić information content (AvgIpc) is 2.37. The normalized spacial score (nSPS) is 12.2. The number of hydrogen-bond donors (Lipinski definition) is 0. The Morgan fingerprint density at radius 1 is 1.00 bits per heavy atom. The second-order valence-electron chi connectivity index (χ2n) is 5.32. The number of hydrogen-bond acceptors (Lipinski definition) is 2. The molecule has 0 saturated carbocycles. The Morgan fingerprint density at radius 3 is 2.20 bits per heavy atom. The van der Waals surface area contributed by atoms with Crippen LogP contribution in [-0.2, 0) is 9.53 Å². The molecule has 2 nitrogen and oxygen atoms in total. The van der Waals surface area contributed by atoms with Crippen LogP contribution in [-0.4, -0.2) is 12.6 Å². The van der Waals surface area contributed by atoms with E-state index in [1.54, 1.807) is 6.08 Å². The van der Waals surface area contributed by atoms with E-state index in [0.29, 0.717) is 6.61 Å². The van der Waals surface area contributed by atoms with Crippen molar-refractivity contribution >= 4 is 5.97 Å². The molecule has 0 spiro atoms. The van der Waals surface area contributed by atoms with Gasteiger partial charge in [-0.2, -0.15) is 0 Å². The average molecular weight is 278 g/mol. The molecule has 0 fully saturated rings. The van der Waals surface area contributed by atoms with Crippen molar-refractivity contribution in [3.8, 4) is 0 Å². The third-order valence-corrected chi connectivity index (χ3v) is 3.11. The Kier molecular flexibility index (Phi) is 10.8. The molecule has 20 heavy (non-hydrogen) atoms. The van der Waals surface area contributed by atoms with Crippen LogP contribution in [0.1, 0.15) is 66.7 Å². The van der Waals surface area contributed by atoms with Gasteiger partial charge in [0.2, 0.25) is 0 Å². The smallest absolute Gasteiger partial charge is 0.330 e. The molecule has 114 valence electrons. The number of carbonyl (C=O) groups is 1. The number of esters is 1. The minimum Gasteiger partial charge on any atom is -0.463 e. The minimum absolute atomic E-state index is 0.214. The van der Waals surface area contributed by atoms with Gasteiger partial charge < -0.3 is 4.74 Å². The molecule has 0 aliphatic carbocycles. The van der Waals surface area contributed by atoms with Crippen LogP contribution in [0.3, 0.4) is 0 Å². The summed E-state index contributed by atoms with van der Waals surface area (Å²) in [5.74, 6) is -0.214. The van der Waals surface area contributed by atoms with Crippen LogP contribution in [0.5, 0.6) is 0 Å². The lowest BCUT2D eigenvalue weighted by atomic mass is 10.0. The second-order valence-corrected chi connectivity index (χ2v) is 5.32. The molecule has 0 heterocycles. The van der Waals surface area contributed by atoms with Crippen molar-refractivity contribution in [3.63, 3.8) is 0 Å². The van der Waals surface area contributed by atoms with Crippen LogP contribution in [0, 0.1) is 0 Å². The summed E-state index contributed by atoms with van der Waals surface area (Å²) in [6, 6.07) is 0. The van der Waals surface area contributed by atoms with E-state index < -0.39 is 0 Å². The summed E-state index contributed by atoms with van der Waals surface area (Å²) < 4.78 is 4.94. The van der Waals surface area contributed by atoms with Gasteiger partial charge in [0.1, 0.15) is 0 Å². The highest BCUT2D eigenvalue weighted by molar-refractivity contribution is 5.82. The molecule has 0 N–H and O–H groups in total.